The smallest absolute Gasteiger partial charge is 0.326 e. The molecule has 1 saturated heterocycles. The highest BCUT2D eigenvalue weighted by atomic mass is 16.4. The van der Waals surface area contributed by atoms with Crippen molar-refractivity contribution in [2.24, 2.45) is 11.5 Å². The van der Waals surface area contributed by atoms with Gasteiger partial charge in [0.2, 0.25) is 17.7 Å². The van der Waals surface area contributed by atoms with Crippen molar-refractivity contribution in [2.75, 3.05) is 19.6 Å². The number of nitrogens with two attached hydrogens (primary N) is 2. The molecule has 0 aromatic heterocycles. The van der Waals surface area contributed by atoms with E-state index in [9.17, 15) is 29.1 Å². The quantitative estimate of drug-likeness (QED) is 0.101. The van der Waals surface area contributed by atoms with Crippen LogP contribution in [0.2, 0.25) is 0 Å². The lowest BCUT2D eigenvalue weighted by molar-refractivity contribution is -0.142. The summed E-state index contributed by atoms with van der Waals surface area (Å²) in [6.07, 6.45) is 3.49. The lowest BCUT2D eigenvalue weighted by Gasteiger charge is -2.25. The standard InChI is InChI=1S/C22H40N6O7/c23-11-3-1-6-15(20(32)28-17(22(34)35)7-2-4-12-24)26-21(33)16(9-10-18(29)30)27-19(31)14-8-5-13-25-14/h14-17,25H,1-13,23-24H2,(H,26,33)(H,27,31)(H,28,32)(H,29,30)(H,34,35). The SMILES string of the molecule is NCCCCC(NC(=O)C(CCCCN)NC(=O)C(CCC(=O)O)NC(=O)C1CCCN1)C(=O)O. The number of nitrogens with one attached hydrogen (secondary N) is 4. The van der Waals surface area contributed by atoms with Crippen molar-refractivity contribution in [1.29, 1.82) is 0 Å². The molecule has 35 heavy (non-hydrogen) atoms. The van der Waals surface area contributed by atoms with Crippen molar-refractivity contribution >= 4 is 29.7 Å². The van der Waals surface area contributed by atoms with Gasteiger partial charge >= 0.3 is 11.9 Å². The molecule has 1 aliphatic heterocycles. The van der Waals surface area contributed by atoms with Gasteiger partial charge in [-0.1, -0.05) is 0 Å². The van der Waals surface area contributed by atoms with Crippen molar-refractivity contribution in [3.63, 3.8) is 0 Å². The van der Waals surface area contributed by atoms with Crippen LogP contribution in [0.3, 0.4) is 0 Å². The Balaban J connectivity index is 2.91. The first kappa shape index (κ1) is 30.3. The van der Waals surface area contributed by atoms with Gasteiger partial charge in [-0.05, 0) is 77.4 Å². The van der Waals surface area contributed by atoms with E-state index in [0.717, 1.165) is 6.42 Å². The lowest BCUT2D eigenvalue weighted by Crippen LogP contribution is -2.57. The van der Waals surface area contributed by atoms with Gasteiger partial charge in [-0.15, -0.1) is 0 Å². The van der Waals surface area contributed by atoms with E-state index in [-0.39, 0.29) is 25.7 Å². The number of amides is 3. The second kappa shape index (κ2) is 16.8. The van der Waals surface area contributed by atoms with Crippen LogP contribution in [-0.2, 0) is 24.0 Å². The maximum absolute atomic E-state index is 13.0. The molecule has 13 nitrogen and oxygen atoms in total. The van der Waals surface area contributed by atoms with Gasteiger partial charge in [0, 0.05) is 6.42 Å². The van der Waals surface area contributed by atoms with E-state index in [1.165, 1.54) is 0 Å². The molecule has 1 aliphatic rings. The summed E-state index contributed by atoms with van der Waals surface area (Å²) in [7, 11) is 0. The Morgan fingerprint density at radius 2 is 1.34 bits per heavy atom. The van der Waals surface area contributed by atoms with Gasteiger partial charge in [-0.2, -0.15) is 0 Å². The molecule has 1 rings (SSSR count). The summed E-state index contributed by atoms with van der Waals surface area (Å²) in [5.41, 5.74) is 11.0. The molecule has 1 heterocycles. The van der Waals surface area contributed by atoms with Crippen LogP contribution in [0.25, 0.3) is 0 Å². The Kier molecular flexibility index (Phi) is 14.5. The minimum absolute atomic E-state index is 0.159. The number of carbonyl (C=O) groups excluding carboxylic acids is 3. The first-order valence-electron chi connectivity index (χ1n) is 12.2. The van der Waals surface area contributed by atoms with Gasteiger partial charge in [0.1, 0.15) is 18.1 Å². The second-order valence-electron chi connectivity index (χ2n) is 8.67. The number of carboxylic acids is 2. The molecular formula is C22H40N6O7. The van der Waals surface area contributed by atoms with Gasteiger partial charge in [0.05, 0.1) is 6.04 Å². The fraction of sp³-hybridized carbons (Fsp3) is 0.773. The third-order valence-corrected chi connectivity index (χ3v) is 5.80. The number of rotatable bonds is 18. The van der Waals surface area contributed by atoms with Crippen molar-refractivity contribution in [2.45, 2.75) is 88.4 Å². The van der Waals surface area contributed by atoms with E-state index in [0.29, 0.717) is 51.7 Å². The number of aliphatic carboxylic acids is 2. The predicted molar refractivity (Wildman–Crippen MR) is 127 cm³/mol. The fourth-order valence-electron chi connectivity index (χ4n) is 3.77. The highest BCUT2D eigenvalue weighted by Crippen LogP contribution is 2.09. The van der Waals surface area contributed by atoms with Crippen LogP contribution >= 0.6 is 0 Å². The molecule has 0 aliphatic carbocycles. The second-order valence-corrected chi connectivity index (χ2v) is 8.67. The Bertz CT molecular complexity index is 714. The molecule has 0 bridgehead atoms. The van der Waals surface area contributed by atoms with E-state index < -0.39 is 53.8 Å². The van der Waals surface area contributed by atoms with E-state index in [4.69, 9.17) is 16.6 Å². The maximum Gasteiger partial charge on any atom is 0.326 e. The van der Waals surface area contributed by atoms with Gasteiger partial charge in [0.15, 0.2) is 0 Å². The first-order valence-corrected chi connectivity index (χ1v) is 12.2. The van der Waals surface area contributed by atoms with E-state index >= 15 is 0 Å². The molecule has 0 saturated carbocycles. The van der Waals surface area contributed by atoms with Crippen molar-refractivity contribution in [3.05, 3.63) is 0 Å². The topological polar surface area (TPSA) is 226 Å². The van der Waals surface area contributed by atoms with Crippen LogP contribution in [0, 0.1) is 0 Å². The highest BCUT2D eigenvalue weighted by Gasteiger charge is 2.31. The number of hydrogen-bond donors (Lipinski definition) is 8. The molecule has 3 amide bonds. The third kappa shape index (κ3) is 12.0. The van der Waals surface area contributed by atoms with Gasteiger partial charge < -0.3 is 42.9 Å². The minimum atomic E-state index is -1.20. The van der Waals surface area contributed by atoms with Crippen LogP contribution in [0.15, 0.2) is 0 Å². The fourth-order valence-corrected chi connectivity index (χ4v) is 3.77. The Labute approximate surface area is 205 Å². The van der Waals surface area contributed by atoms with Crippen LogP contribution in [0.4, 0.5) is 0 Å². The zero-order valence-electron chi connectivity index (χ0n) is 20.1. The summed E-state index contributed by atoms with van der Waals surface area (Å²) in [6.45, 7) is 1.45. The summed E-state index contributed by atoms with van der Waals surface area (Å²) in [4.78, 5) is 61.1. The van der Waals surface area contributed by atoms with E-state index in [1.54, 1.807) is 0 Å². The van der Waals surface area contributed by atoms with Crippen LogP contribution in [-0.4, -0.2) is 83.7 Å². The average Bonchev–Trinajstić information content (AvgIpc) is 3.35. The summed E-state index contributed by atoms with van der Waals surface area (Å²) in [5, 5.41) is 29.1. The summed E-state index contributed by atoms with van der Waals surface area (Å²) >= 11 is 0. The summed E-state index contributed by atoms with van der Waals surface area (Å²) < 4.78 is 0. The maximum atomic E-state index is 13.0. The highest BCUT2D eigenvalue weighted by molar-refractivity contribution is 5.94. The average molecular weight is 501 g/mol. The molecule has 200 valence electrons. The Morgan fingerprint density at radius 1 is 0.800 bits per heavy atom. The van der Waals surface area contributed by atoms with Crippen molar-refractivity contribution < 1.29 is 34.2 Å². The Hall–Kier alpha value is -2.77. The molecule has 0 aromatic carbocycles. The zero-order valence-corrected chi connectivity index (χ0v) is 20.1. The summed E-state index contributed by atoms with van der Waals surface area (Å²) in [6, 6.07) is -3.84. The first-order chi connectivity index (χ1) is 16.7. The van der Waals surface area contributed by atoms with Crippen LogP contribution < -0.4 is 32.7 Å². The number of carbonyl (C=O) groups is 5. The molecule has 0 radical (unpaired) electrons. The number of unbranched alkanes of at least 4 members (excludes halogenated alkanes) is 2. The molecule has 0 spiro atoms. The molecular weight excluding hydrogens is 460 g/mol. The van der Waals surface area contributed by atoms with Crippen LogP contribution in [0.1, 0.15) is 64.2 Å². The van der Waals surface area contributed by atoms with E-state index in [1.807, 2.05) is 0 Å². The van der Waals surface area contributed by atoms with Gasteiger partial charge in [-0.25, -0.2) is 4.79 Å². The van der Waals surface area contributed by atoms with Gasteiger partial charge in [-0.3, -0.25) is 19.2 Å². The normalized spacial score (nSPS) is 17.7. The van der Waals surface area contributed by atoms with E-state index in [2.05, 4.69) is 21.3 Å². The third-order valence-electron chi connectivity index (χ3n) is 5.80. The minimum Gasteiger partial charge on any atom is -0.481 e. The molecule has 10 N–H and O–H groups in total. The van der Waals surface area contributed by atoms with Crippen molar-refractivity contribution in [3.8, 4) is 0 Å². The number of hydrogen-bond acceptors (Lipinski definition) is 8. The summed E-state index contributed by atoms with van der Waals surface area (Å²) in [5.74, 6) is -4.12. The lowest BCUT2D eigenvalue weighted by atomic mass is 10.0. The van der Waals surface area contributed by atoms with Crippen molar-refractivity contribution in [1.82, 2.24) is 21.3 Å². The number of carboxylic acid groups (broad SMARTS) is 2. The molecule has 13 heteroatoms. The molecule has 1 fully saturated rings. The molecule has 4 atom stereocenters. The molecule has 0 aromatic rings. The predicted octanol–water partition coefficient (Wildman–Crippen LogP) is -1.60. The van der Waals surface area contributed by atoms with Gasteiger partial charge in [0.25, 0.3) is 0 Å². The zero-order chi connectivity index (χ0) is 26.2. The monoisotopic (exact) mass is 500 g/mol. The molecule has 4 unspecified atom stereocenters. The Morgan fingerprint density at radius 3 is 1.83 bits per heavy atom. The largest absolute Gasteiger partial charge is 0.481 e. The van der Waals surface area contributed by atoms with Crippen LogP contribution in [0.5, 0.6) is 0 Å².